The Morgan fingerprint density at radius 2 is 2.07 bits per heavy atom. The van der Waals surface area contributed by atoms with Crippen LogP contribution in [0.15, 0.2) is 18.2 Å². The van der Waals surface area contributed by atoms with Crippen LogP contribution in [0.5, 0.6) is 0 Å². The van der Waals surface area contributed by atoms with Gasteiger partial charge in [-0.15, -0.1) is 5.10 Å². The summed E-state index contributed by atoms with van der Waals surface area (Å²) in [5, 5.41) is 15.3. The summed E-state index contributed by atoms with van der Waals surface area (Å²) in [6.45, 7) is 0. The number of fused-ring (bicyclic) bond motifs is 1. The van der Waals surface area contributed by atoms with Crippen LogP contribution in [0.3, 0.4) is 0 Å². The Morgan fingerprint density at radius 1 is 1.26 bits per heavy atom. The fraction of sp³-hybridized carbons (Fsp3) is 0.200. The number of aromatic nitrogens is 5. The number of aryl methyl sites for hydroxylation is 1. The molecule has 0 spiro atoms. The number of rotatable bonds is 6. The van der Waals surface area contributed by atoms with E-state index >= 15 is 0 Å². The van der Waals surface area contributed by atoms with Gasteiger partial charge in [0.2, 0.25) is 5.91 Å². The summed E-state index contributed by atoms with van der Waals surface area (Å²) < 4.78 is 4.46. The number of anilines is 2. The Hall–Kier alpha value is -3.96. The number of nitrogens with one attached hydrogen (secondary N) is 4. The highest BCUT2D eigenvalue weighted by Crippen LogP contribution is 2.16. The van der Waals surface area contributed by atoms with Crippen LogP contribution in [0.25, 0.3) is 11.0 Å². The summed E-state index contributed by atoms with van der Waals surface area (Å²) in [6.07, 6.45) is -0.504. The Morgan fingerprint density at radius 3 is 2.81 bits per heavy atom. The molecule has 0 unspecified atom stereocenters. The fourth-order valence-corrected chi connectivity index (χ4v) is 2.34. The molecule has 0 saturated heterocycles. The molecule has 12 nitrogen and oxygen atoms in total. The molecule has 12 heteroatoms. The maximum absolute atomic E-state index is 12.1. The van der Waals surface area contributed by atoms with Crippen molar-refractivity contribution in [3.63, 3.8) is 0 Å². The van der Waals surface area contributed by atoms with E-state index in [1.165, 1.54) is 7.11 Å². The molecule has 0 aliphatic carbocycles. The van der Waals surface area contributed by atoms with Crippen LogP contribution in [0.2, 0.25) is 0 Å². The van der Waals surface area contributed by atoms with Crippen LogP contribution < -0.4 is 16.4 Å². The van der Waals surface area contributed by atoms with Crippen LogP contribution in [0.4, 0.5) is 16.3 Å². The number of hydrogen-bond donors (Lipinski definition) is 5. The minimum Gasteiger partial charge on any atom is -0.453 e. The molecular weight excluding hydrogens is 356 g/mol. The van der Waals surface area contributed by atoms with E-state index in [1.807, 2.05) is 0 Å². The van der Waals surface area contributed by atoms with Crippen molar-refractivity contribution in [2.75, 3.05) is 17.7 Å². The second-order valence-electron chi connectivity index (χ2n) is 5.48. The zero-order chi connectivity index (χ0) is 19.4. The first-order chi connectivity index (χ1) is 13.0. The zero-order valence-corrected chi connectivity index (χ0v) is 14.2. The van der Waals surface area contributed by atoms with E-state index in [4.69, 9.17) is 5.73 Å². The molecule has 3 aromatic rings. The van der Waals surface area contributed by atoms with Crippen molar-refractivity contribution in [1.29, 1.82) is 0 Å². The number of primary amides is 1. The van der Waals surface area contributed by atoms with Crippen molar-refractivity contribution >= 4 is 40.4 Å². The molecule has 3 amide bonds. The number of H-pyrrole nitrogens is 2. The third-order valence-corrected chi connectivity index (χ3v) is 3.60. The highest BCUT2D eigenvalue weighted by atomic mass is 16.5. The van der Waals surface area contributed by atoms with E-state index in [-0.39, 0.29) is 30.3 Å². The lowest BCUT2D eigenvalue weighted by atomic mass is 10.2. The minimum atomic E-state index is -0.825. The van der Waals surface area contributed by atoms with E-state index in [0.29, 0.717) is 17.0 Å². The molecule has 0 aliphatic rings. The van der Waals surface area contributed by atoms with Crippen molar-refractivity contribution in [1.82, 2.24) is 25.4 Å². The Balaban J connectivity index is 1.63. The fourth-order valence-electron chi connectivity index (χ4n) is 2.34. The molecule has 140 valence electrons. The number of amides is 3. The number of imidazole rings is 1. The first kappa shape index (κ1) is 17.8. The van der Waals surface area contributed by atoms with E-state index in [2.05, 4.69) is 40.7 Å². The van der Waals surface area contributed by atoms with E-state index in [1.54, 1.807) is 18.2 Å². The molecule has 2 heterocycles. The van der Waals surface area contributed by atoms with Crippen molar-refractivity contribution in [3.05, 3.63) is 29.7 Å². The third-order valence-electron chi connectivity index (χ3n) is 3.60. The lowest BCUT2D eigenvalue weighted by molar-refractivity contribution is -0.116. The van der Waals surface area contributed by atoms with E-state index in [0.717, 1.165) is 5.52 Å². The van der Waals surface area contributed by atoms with Crippen LogP contribution in [0, 0.1) is 0 Å². The number of nitrogens with zero attached hydrogens (tertiary/aromatic N) is 3. The molecule has 1 aromatic carbocycles. The Bertz CT molecular complexity index is 1010. The van der Waals surface area contributed by atoms with Crippen LogP contribution in [-0.4, -0.2) is 50.4 Å². The number of methoxy groups -OCH3 is 1. The number of carbonyl (C=O) groups is 3. The number of ether oxygens (including phenoxy) is 1. The Labute approximate surface area is 151 Å². The molecule has 0 aliphatic heterocycles. The van der Waals surface area contributed by atoms with E-state index < -0.39 is 12.0 Å². The quantitative estimate of drug-likeness (QED) is 0.418. The number of benzene rings is 1. The molecule has 0 radical (unpaired) electrons. The van der Waals surface area contributed by atoms with Gasteiger partial charge in [0.15, 0.2) is 5.69 Å². The van der Waals surface area contributed by atoms with Gasteiger partial charge in [-0.05, 0) is 18.2 Å². The number of hydrogen-bond acceptors (Lipinski definition) is 7. The maximum Gasteiger partial charge on any atom is 0.412 e. The first-order valence-electron chi connectivity index (χ1n) is 7.80. The van der Waals surface area contributed by atoms with Gasteiger partial charge in [0.05, 0.1) is 12.6 Å². The summed E-state index contributed by atoms with van der Waals surface area (Å²) in [5.41, 5.74) is 7.05. The summed E-state index contributed by atoms with van der Waals surface area (Å²) >= 11 is 0. The first-order valence-corrected chi connectivity index (χ1v) is 7.80. The summed E-state index contributed by atoms with van der Waals surface area (Å²) in [4.78, 5) is 41.6. The largest absolute Gasteiger partial charge is 0.453 e. The summed E-state index contributed by atoms with van der Waals surface area (Å²) in [6, 6.07) is 5.16. The van der Waals surface area contributed by atoms with Gasteiger partial charge < -0.3 is 20.8 Å². The Kier molecular flexibility index (Phi) is 4.97. The summed E-state index contributed by atoms with van der Waals surface area (Å²) in [5.74, 6) is -0.759. The predicted octanol–water partition coefficient (Wildman–Crippen LogP) is 0.529. The predicted molar refractivity (Wildman–Crippen MR) is 94.0 cm³/mol. The topological polar surface area (TPSA) is 181 Å². The zero-order valence-electron chi connectivity index (χ0n) is 14.2. The van der Waals surface area contributed by atoms with Gasteiger partial charge in [-0.1, -0.05) is 5.21 Å². The second-order valence-corrected chi connectivity index (χ2v) is 5.48. The van der Waals surface area contributed by atoms with Gasteiger partial charge in [-0.25, -0.2) is 9.78 Å². The number of carbonyl (C=O) groups excluding carboxylic acids is 3. The molecule has 0 saturated carbocycles. The van der Waals surface area contributed by atoms with Crippen LogP contribution >= 0.6 is 0 Å². The van der Waals surface area contributed by atoms with Crippen molar-refractivity contribution < 1.29 is 19.1 Å². The molecule has 0 atom stereocenters. The lowest BCUT2D eigenvalue weighted by Crippen LogP contribution is -2.18. The average molecular weight is 372 g/mol. The molecular formula is C15H16N8O4. The van der Waals surface area contributed by atoms with Crippen molar-refractivity contribution in [2.24, 2.45) is 5.73 Å². The molecule has 2 aromatic heterocycles. The molecule has 3 rings (SSSR count). The van der Waals surface area contributed by atoms with Gasteiger partial charge in [0.25, 0.3) is 5.91 Å². The van der Waals surface area contributed by atoms with Gasteiger partial charge in [-0.2, -0.15) is 0 Å². The average Bonchev–Trinajstić information content (AvgIpc) is 3.26. The van der Waals surface area contributed by atoms with Gasteiger partial charge >= 0.3 is 6.09 Å². The number of nitrogens with two attached hydrogens (primary N) is 1. The number of aromatic amines is 2. The molecule has 6 N–H and O–H groups in total. The minimum absolute atomic E-state index is 0.0150. The molecule has 0 fully saturated rings. The van der Waals surface area contributed by atoms with Crippen molar-refractivity contribution in [2.45, 2.75) is 12.8 Å². The maximum atomic E-state index is 12.1. The van der Waals surface area contributed by atoms with Gasteiger partial charge in [-0.3, -0.25) is 20.0 Å². The molecule has 27 heavy (non-hydrogen) atoms. The highest BCUT2D eigenvalue weighted by Gasteiger charge is 2.18. The second kappa shape index (κ2) is 7.51. The third kappa shape index (κ3) is 4.18. The smallest absolute Gasteiger partial charge is 0.412 e. The van der Waals surface area contributed by atoms with Crippen LogP contribution in [-0.2, 0) is 16.0 Å². The molecule has 0 bridgehead atoms. The monoisotopic (exact) mass is 372 g/mol. The lowest BCUT2D eigenvalue weighted by Gasteiger charge is -2.04. The van der Waals surface area contributed by atoms with Gasteiger partial charge in [0.1, 0.15) is 17.2 Å². The highest BCUT2D eigenvalue weighted by molar-refractivity contribution is 5.99. The SMILES string of the molecule is COC(=O)Nc1[nH]c(CCC(=O)Nc2ccc3[nH]nnc3c2)nc1C(N)=O. The van der Waals surface area contributed by atoms with Crippen molar-refractivity contribution in [3.8, 4) is 0 Å². The summed E-state index contributed by atoms with van der Waals surface area (Å²) in [7, 11) is 1.18. The standard InChI is InChI=1S/C15H16N8O4/c1-27-15(26)20-14-12(13(16)25)18-10(19-14)4-5-11(24)17-7-2-3-8-9(6-7)22-23-21-8/h2-3,6H,4-5H2,1H3,(H2,16,25)(H,17,24)(H,18,19)(H,20,26)(H,21,22,23). The van der Waals surface area contributed by atoms with Gasteiger partial charge in [0, 0.05) is 18.5 Å². The normalized spacial score (nSPS) is 10.6. The van der Waals surface area contributed by atoms with E-state index in [9.17, 15) is 14.4 Å². The van der Waals surface area contributed by atoms with Crippen LogP contribution in [0.1, 0.15) is 22.7 Å².